The second-order valence-corrected chi connectivity index (χ2v) is 3.86. The number of hydrogen-bond acceptors (Lipinski definition) is 4. The molecule has 1 heterocycles. The maximum absolute atomic E-state index is 13.4. The van der Waals surface area contributed by atoms with E-state index in [4.69, 9.17) is 5.73 Å². The van der Waals surface area contributed by atoms with E-state index in [1.54, 1.807) is 11.0 Å². The molecule has 2 rings (SSSR count). The van der Waals surface area contributed by atoms with Gasteiger partial charge in [0.1, 0.15) is 5.69 Å². The first kappa shape index (κ1) is 13.7. The average molecular weight is 262 g/mol. The van der Waals surface area contributed by atoms with Crippen LogP contribution >= 0.6 is 12.4 Å². The molecule has 0 amide bonds. The van der Waals surface area contributed by atoms with Crippen LogP contribution in [0, 0.1) is 15.9 Å². The number of nitro benzene ring substituents is 1. The van der Waals surface area contributed by atoms with Crippen LogP contribution in [0.4, 0.5) is 15.8 Å². The molecule has 1 unspecified atom stereocenters. The Bertz CT molecular complexity index is 430. The first-order chi connectivity index (χ1) is 7.59. The van der Waals surface area contributed by atoms with Gasteiger partial charge in [0.25, 0.3) is 0 Å². The smallest absolute Gasteiger partial charge is 0.327 e. The number of nitrogens with zero attached hydrogens (tertiary/aromatic N) is 2. The van der Waals surface area contributed by atoms with Gasteiger partial charge in [0, 0.05) is 19.1 Å². The maximum atomic E-state index is 13.4. The van der Waals surface area contributed by atoms with Crippen molar-refractivity contribution in [3.8, 4) is 0 Å². The van der Waals surface area contributed by atoms with Crippen LogP contribution in [0.2, 0.25) is 0 Å². The number of benzene rings is 1. The van der Waals surface area contributed by atoms with Crippen LogP contribution in [0.15, 0.2) is 18.2 Å². The van der Waals surface area contributed by atoms with E-state index < -0.39 is 16.4 Å². The van der Waals surface area contributed by atoms with E-state index in [0.29, 0.717) is 18.8 Å². The van der Waals surface area contributed by atoms with Gasteiger partial charge < -0.3 is 10.6 Å². The third-order valence-electron chi connectivity index (χ3n) is 2.71. The highest BCUT2D eigenvalue weighted by atomic mass is 35.5. The highest BCUT2D eigenvalue weighted by molar-refractivity contribution is 5.85. The van der Waals surface area contributed by atoms with Gasteiger partial charge in [0.05, 0.1) is 4.92 Å². The summed E-state index contributed by atoms with van der Waals surface area (Å²) in [6.45, 7) is 1.16. The van der Waals surface area contributed by atoms with Crippen LogP contribution in [0.3, 0.4) is 0 Å². The lowest BCUT2D eigenvalue weighted by atomic mass is 10.2. The van der Waals surface area contributed by atoms with Gasteiger partial charge in [-0.05, 0) is 18.6 Å². The highest BCUT2D eigenvalue weighted by Gasteiger charge is 2.28. The number of halogens is 2. The van der Waals surface area contributed by atoms with Crippen molar-refractivity contribution in [1.82, 2.24) is 0 Å². The summed E-state index contributed by atoms with van der Waals surface area (Å²) < 4.78 is 13.4. The predicted molar refractivity (Wildman–Crippen MR) is 65.1 cm³/mol. The molecule has 0 aromatic heterocycles. The average Bonchev–Trinajstić information content (AvgIpc) is 2.63. The lowest BCUT2D eigenvalue weighted by Crippen LogP contribution is -2.26. The quantitative estimate of drug-likeness (QED) is 0.650. The monoisotopic (exact) mass is 261 g/mol. The molecule has 5 nitrogen and oxygen atoms in total. The molecule has 1 aliphatic rings. The number of rotatable bonds is 2. The van der Waals surface area contributed by atoms with E-state index in [2.05, 4.69) is 0 Å². The van der Waals surface area contributed by atoms with Crippen molar-refractivity contribution in [2.75, 3.05) is 18.0 Å². The number of para-hydroxylation sites is 1. The molecule has 1 atom stereocenters. The van der Waals surface area contributed by atoms with Gasteiger partial charge in [-0.25, -0.2) is 0 Å². The van der Waals surface area contributed by atoms with Crippen molar-refractivity contribution in [3.05, 3.63) is 34.1 Å². The van der Waals surface area contributed by atoms with E-state index >= 15 is 0 Å². The number of anilines is 1. The Morgan fingerprint density at radius 3 is 2.76 bits per heavy atom. The molecule has 7 heteroatoms. The summed E-state index contributed by atoms with van der Waals surface area (Å²) in [5, 5.41) is 10.8. The fourth-order valence-electron chi connectivity index (χ4n) is 1.95. The molecule has 1 aliphatic heterocycles. The molecule has 1 aromatic rings. The van der Waals surface area contributed by atoms with Crippen molar-refractivity contribution in [2.45, 2.75) is 12.5 Å². The Balaban J connectivity index is 0.00000144. The number of hydrogen-bond donors (Lipinski definition) is 1. The van der Waals surface area contributed by atoms with E-state index in [9.17, 15) is 14.5 Å². The Kier molecular flexibility index (Phi) is 4.25. The summed E-state index contributed by atoms with van der Waals surface area (Å²) in [6.07, 6.45) is 0.771. The van der Waals surface area contributed by atoms with Gasteiger partial charge in [-0.3, -0.25) is 10.1 Å². The predicted octanol–water partition coefficient (Wildman–Crippen LogP) is 1.69. The molecule has 17 heavy (non-hydrogen) atoms. The van der Waals surface area contributed by atoms with E-state index in [0.717, 1.165) is 12.5 Å². The fourth-order valence-corrected chi connectivity index (χ4v) is 1.95. The lowest BCUT2D eigenvalue weighted by molar-refractivity contribution is -0.386. The zero-order chi connectivity index (χ0) is 11.7. The lowest BCUT2D eigenvalue weighted by Gasteiger charge is -2.17. The molecule has 0 bridgehead atoms. The first-order valence-electron chi connectivity index (χ1n) is 5.03. The molecule has 1 fully saturated rings. The van der Waals surface area contributed by atoms with Gasteiger partial charge in [-0.1, -0.05) is 6.07 Å². The highest BCUT2D eigenvalue weighted by Crippen LogP contribution is 2.32. The molecule has 0 spiro atoms. The van der Waals surface area contributed by atoms with Crippen molar-refractivity contribution in [3.63, 3.8) is 0 Å². The van der Waals surface area contributed by atoms with Crippen molar-refractivity contribution < 1.29 is 9.31 Å². The van der Waals surface area contributed by atoms with Crippen LogP contribution in [-0.2, 0) is 0 Å². The van der Waals surface area contributed by atoms with Crippen molar-refractivity contribution in [2.24, 2.45) is 5.73 Å². The van der Waals surface area contributed by atoms with Crippen LogP contribution in [0.5, 0.6) is 0 Å². The van der Waals surface area contributed by atoms with Crippen molar-refractivity contribution in [1.29, 1.82) is 0 Å². The molecule has 1 saturated heterocycles. The fraction of sp³-hybridized carbons (Fsp3) is 0.400. The Morgan fingerprint density at radius 1 is 1.53 bits per heavy atom. The van der Waals surface area contributed by atoms with Crippen LogP contribution < -0.4 is 10.6 Å². The molecular formula is C10H13ClFN3O2. The van der Waals surface area contributed by atoms with Crippen molar-refractivity contribution >= 4 is 23.8 Å². The van der Waals surface area contributed by atoms with Gasteiger partial charge in [-0.15, -0.1) is 12.4 Å². The Hall–Kier alpha value is -1.40. The molecule has 0 saturated carbocycles. The third kappa shape index (κ3) is 2.65. The van der Waals surface area contributed by atoms with E-state index in [-0.39, 0.29) is 18.4 Å². The second kappa shape index (κ2) is 5.29. The van der Waals surface area contributed by atoms with Gasteiger partial charge in [-0.2, -0.15) is 4.39 Å². The van der Waals surface area contributed by atoms with E-state index in [1.165, 1.54) is 6.07 Å². The molecular weight excluding hydrogens is 249 g/mol. The molecule has 94 valence electrons. The normalized spacial score (nSPS) is 18.9. The van der Waals surface area contributed by atoms with Crippen LogP contribution in [-0.4, -0.2) is 24.1 Å². The van der Waals surface area contributed by atoms with Crippen LogP contribution in [0.1, 0.15) is 6.42 Å². The molecule has 0 aliphatic carbocycles. The second-order valence-electron chi connectivity index (χ2n) is 3.86. The van der Waals surface area contributed by atoms with E-state index in [1.807, 2.05) is 0 Å². The summed E-state index contributed by atoms with van der Waals surface area (Å²) in [7, 11) is 0. The zero-order valence-corrected chi connectivity index (χ0v) is 9.82. The maximum Gasteiger partial charge on any atom is 0.327 e. The summed E-state index contributed by atoms with van der Waals surface area (Å²) in [5.41, 5.74) is 5.58. The molecule has 0 radical (unpaired) electrons. The van der Waals surface area contributed by atoms with Gasteiger partial charge >= 0.3 is 5.69 Å². The zero-order valence-electron chi connectivity index (χ0n) is 9.01. The number of nitrogens with two attached hydrogens (primary N) is 1. The summed E-state index contributed by atoms with van der Waals surface area (Å²) >= 11 is 0. The summed E-state index contributed by atoms with van der Waals surface area (Å²) in [5.74, 6) is -0.803. The minimum Gasteiger partial charge on any atom is -0.364 e. The van der Waals surface area contributed by atoms with Crippen LogP contribution in [0.25, 0.3) is 0 Å². The number of nitro groups is 1. The third-order valence-corrected chi connectivity index (χ3v) is 2.71. The minimum absolute atomic E-state index is 0. The topological polar surface area (TPSA) is 72.4 Å². The molecule has 1 aromatic carbocycles. The molecule has 2 N–H and O–H groups in total. The Morgan fingerprint density at radius 2 is 2.24 bits per heavy atom. The Labute approximate surface area is 104 Å². The largest absolute Gasteiger partial charge is 0.364 e. The van der Waals surface area contributed by atoms with Gasteiger partial charge in [0.15, 0.2) is 0 Å². The summed E-state index contributed by atoms with van der Waals surface area (Å²) in [4.78, 5) is 11.9. The standard InChI is InChI=1S/C10H12FN3O2.ClH/c11-8-2-1-3-9(10(8)14(15)16)13-5-4-7(12)6-13;/h1-3,7H,4-6,12H2;1H. The SMILES string of the molecule is Cl.NC1CCN(c2cccc(F)c2[N+](=O)[O-])C1. The summed E-state index contributed by atoms with van der Waals surface area (Å²) in [6, 6.07) is 4.13. The first-order valence-corrected chi connectivity index (χ1v) is 5.03. The minimum atomic E-state index is -0.803. The van der Waals surface area contributed by atoms with Gasteiger partial charge in [0.2, 0.25) is 5.82 Å².